The summed E-state index contributed by atoms with van der Waals surface area (Å²) in [6, 6.07) is 12.8. The zero-order chi connectivity index (χ0) is 16.9. The molecule has 0 spiro atoms. The molecule has 6 nitrogen and oxygen atoms in total. The van der Waals surface area contributed by atoms with Gasteiger partial charge in [0.1, 0.15) is 5.75 Å². The standard InChI is InChI=1S/C17H15ClN4O2/c18-14-8-12(17(23)13(9-14)11-21-24)10-19-15-2-4-16(5-3-15)22-7-1-6-20-22/h1-9,11,19,23-24H,10H2/b21-11+. The Bertz CT molecular complexity index is 846. The van der Waals surface area contributed by atoms with Gasteiger partial charge < -0.3 is 15.6 Å². The molecule has 0 saturated heterocycles. The molecule has 1 heterocycles. The third-order valence-corrected chi connectivity index (χ3v) is 3.72. The molecule has 2 aromatic carbocycles. The molecule has 1 aromatic heterocycles. The first-order valence-corrected chi connectivity index (χ1v) is 7.58. The second-order valence-electron chi connectivity index (χ2n) is 5.10. The minimum atomic E-state index is 0.0258. The predicted molar refractivity (Wildman–Crippen MR) is 93.4 cm³/mol. The number of phenolic OH excluding ortho intramolecular Hbond substituents is 1. The van der Waals surface area contributed by atoms with Crippen LogP contribution in [0.5, 0.6) is 5.75 Å². The maximum Gasteiger partial charge on any atom is 0.129 e. The fraction of sp³-hybridized carbons (Fsp3) is 0.0588. The van der Waals surface area contributed by atoms with Crippen molar-refractivity contribution in [3.8, 4) is 11.4 Å². The first-order chi connectivity index (χ1) is 11.7. The van der Waals surface area contributed by atoms with Gasteiger partial charge in [-0.3, -0.25) is 0 Å². The van der Waals surface area contributed by atoms with Gasteiger partial charge in [0.25, 0.3) is 0 Å². The summed E-state index contributed by atoms with van der Waals surface area (Å²) in [6.07, 6.45) is 4.74. The van der Waals surface area contributed by atoms with Crippen LogP contribution >= 0.6 is 11.6 Å². The molecule has 0 fully saturated rings. The molecule has 0 aliphatic carbocycles. The first-order valence-electron chi connectivity index (χ1n) is 7.20. The largest absolute Gasteiger partial charge is 0.507 e. The van der Waals surface area contributed by atoms with Crippen LogP contribution in [0.2, 0.25) is 5.02 Å². The molecule has 0 amide bonds. The number of nitrogens with one attached hydrogen (secondary N) is 1. The Morgan fingerprint density at radius 2 is 2.04 bits per heavy atom. The first kappa shape index (κ1) is 15.9. The quantitative estimate of drug-likeness (QED) is 0.375. The number of hydrogen-bond acceptors (Lipinski definition) is 5. The van der Waals surface area contributed by atoms with Gasteiger partial charge in [-0.15, -0.1) is 0 Å². The topological polar surface area (TPSA) is 82.7 Å². The van der Waals surface area contributed by atoms with Crippen LogP contribution in [0.3, 0.4) is 0 Å². The smallest absolute Gasteiger partial charge is 0.129 e. The Balaban J connectivity index is 1.74. The molecule has 3 rings (SSSR count). The fourth-order valence-electron chi connectivity index (χ4n) is 2.32. The van der Waals surface area contributed by atoms with Crippen molar-refractivity contribution in [2.24, 2.45) is 5.16 Å². The SMILES string of the molecule is O/N=C/c1cc(Cl)cc(CNc2ccc(-n3cccn3)cc2)c1O. The molecule has 0 aliphatic rings. The number of hydrogen-bond donors (Lipinski definition) is 3. The Morgan fingerprint density at radius 3 is 2.71 bits per heavy atom. The van der Waals surface area contributed by atoms with Gasteiger partial charge in [-0.1, -0.05) is 16.8 Å². The monoisotopic (exact) mass is 342 g/mol. The number of aromatic hydroxyl groups is 1. The number of benzene rings is 2. The highest BCUT2D eigenvalue weighted by molar-refractivity contribution is 6.31. The molecule has 0 bridgehead atoms. The predicted octanol–water partition coefficient (Wildman–Crippen LogP) is 3.65. The second-order valence-corrected chi connectivity index (χ2v) is 5.53. The van der Waals surface area contributed by atoms with Crippen LogP contribution in [-0.2, 0) is 6.54 Å². The lowest BCUT2D eigenvalue weighted by Gasteiger charge is -2.11. The molecule has 0 aliphatic heterocycles. The third kappa shape index (κ3) is 3.49. The van der Waals surface area contributed by atoms with E-state index in [0.717, 1.165) is 17.6 Å². The average Bonchev–Trinajstić information content (AvgIpc) is 3.12. The lowest BCUT2D eigenvalue weighted by molar-refractivity contribution is 0.321. The fourth-order valence-corrected chi connectivity index (χ4v) is 2.57. The van der Waals surface area contributed by atoms with E-state index in [1.54, 1.807) is 16.9 Å². The van der Waals surface area contributed by atoms with E-state index in [1.807, 2.05) is 36.5 Å². The molecular formula is C17H15ClN4O2. The van der Waals surface area contributed by atoms with Crippen molar-refractivity contribution in [2.45, 2.75) is 6.54 Å². The van der Waals surface area contributed by atoms with Gasteiger partial charge in [-0.05, 0) is 42.5 Å². The molecule has 3 aromatic rings. The Kier molecular flexibility index (Phi) is 4.67. The zero-order valence-corrected chi connectivity index (χ0v) is 13.4. The summed E-state index contributed by atoms with van der Waals surface area (Å²) >= 11 is 6.03. The van der Waals surface area contributed by atoms with Crippen LogP contribution in [-0.4, -0.2) is 26.3 Å². The zero-order valence-electron chi connectivity index (χ0n) is 12.6. The maximum atomic E-state index is 10.2. The maximum absolute atomic E-state index is 10.2. The average molecular weight is 343 g/mol. The van der Waals surface area contributed by atoms with Gasteiger partial charge in [0.05, 0.1) is 11.9 Å². The van der Waals surface area contributed by atoms with E-state index in [0.29, 0.717) is 22.7 Å². The van der Waals surface area contributed by atoms with E-state index >= 15 is 0 Å². The molecule has 3 N–H and O–H groups in total. The van der Waals surface area contributed by atoms with Crippen LogP contribution in [0.25, 0.3) is 5.69 Å². The Hall–Kier alpha value is -2.99. The highest BCUT2D eigenvalue weighted by Gasteiger charge is 2.08. The molecular weight excluding hydrogens is 328 g/mol. The van der Waals surface area contributed by atoms with E-state index in [2.05, 4.69) is 15.6 Å². The summed E-state index contributed by atoms with van der Waals surface area (Å²) < 4.78 is 1.77. The second kappa shape index (κ2) is 7.06. The summed E-state index contributed by atoms with van der Waals surface area (Å²) in [7, 11) is 0. The van der Waals surface area contributed by atoms with Crippen molar-refractivity contribution in [1.29, 1.82) is 0 Å². The Morgan fingerprint density at radius 1 is 1.25 bits per heavy atom. The van der Waals surface area contributed by atoms with Gasteiger partial charge in [-0.25, -0.2) is 4.68 Å². The van der Waals surface area contributed by atoms with Gasteiger partial charge >= 0.3 is 0 Å². The van der Waals surface area contributed by atoms with E-state index in [-0.39, 0.29) is 5.75 Å². The van der Waals surface area contributed by atoms with Crippen LogP contribution < -0.4 is 5.32 Å². The van der Waals surface area contributed by atoms with Crippen LogP contribution in [0, 0.1) is 0 Å². The van der Waals surface area contributed by atoms with E-state index < -0.39 is 0 Å². The van der Waals surface area contributed by atoms with Gasteiger partial charge in [0.15, 0.2) is 0 Å². The number of oxime groups is 1. The van der Waals surface area contributed by atoms with Gasteiger partial charge in [-0.2, -0.15) is 5.10 Å². The molecule has 24 heavy (non-hydrogen) atoms. The molecule has 7 heteroatoms. The van der Waals surface area contributed by atoms with Crippen molar-refractivity contribution < 1.29 is 10.3 Å². The molecule has 122 valence electrons. The summed E-state index contributed by atoms with van der Waals surface area (Å²) in [5.74, 6) is 0.0258. The lowest BCUT2D eigenvalue weighted by Crippen LogP contribution is -2.02. The van der Waals surface area contributed by atoms with E-state index in [4.69, 9.17) is 16.8 Å². The molecule has 0 saturated carbocycles. The van der Waals surface area contributed by atoms with Crippen LogP contribution in [0.4, 0.5) is 5.69 Å². The molecule has 0 radical (unpaired) electrons. The van der Waals surface area contributed by atoms with Crippen LogP contribution in [0.15, 0.2) is 60.0 Å². The minimum Gasteiger partial charge on any atom is -0.507 e. The normalized spacial score (nSPS) is 11.0. The van der Waals surface area contributed by atoms with Gasteiger partial charge in [0, 0.05) is 40.8 Å². The highest BCUT2D eigenvalue weighted by atomic mass is 35.5. The minimum absolute atomic E-state index is 0.0258. The number of anilines is 1. The summed E-state index contributed by atoms with van der Waals surface area (Å²) in [5, 5.41) is 29.6. The summed E-state index contributed by atoms with van der Waals surface area (Å²) in [4.78, 5) is 0. The summed E-state index contributed by atoms with van der Waals surface area (Å²) in [6.45, 7) is 0.375. The van der Waals surface area contributed by atoms with Crippen molar-refractivity contribution in [1.82, 2.24) is 9.78 Å². The number of aromatic nitrogens is 2. The van der Waals surface area contributed by atoms with E-state index in [9.17, 15) is 5.11 Å². The number of rotatable bonds is 5. The third-order valence-electron chi connectivity index (χ3n) is 3.50. The van der Waals surface area contributed by atoms with Crippen molar-refractivity contribution in [2.75, 3.05) is 5.32 Å². The van der Waals surface area contributed by atoms with Crippen molar-refractivity contribution in [3.63, 3.8) is 0 Å². The van der Waals surface area contributed by atoms with Crippen LogP contribution in [0.1, 0.15) is 11.1 Å². The van der Waals surface area contributed by atoms with Gasteiger partial charge in [0.2, 0.25) is 0 Å². The number of nitrogens with zero attached hydrogens (tertiary/aromatic N) is 3. The lowest BCUT2D eigenvalue weighted by atomic mass is 10.1. The Labute approximate surface area is 143 Å². The van der Waals surface area contributed by atoms with Crippen molar-refractivity contribution in [3.05, 3.63) is 71.0 Å². The number of phenols is 1. The van der Waals surface area contributed by atoms with Crippen molar-refractivity contribution >= 4 is 23.5 Å². The van der Waals surface area contributed by atoms with E-state index in [1.165, 1.54) is 6.07 Å². The highest BCUT2D eigenvalue weighted by Crippen LogP contribution is 2.27. The molecule has 0 atom stereocenters. The summed E-state index contributed by atoms with van der Waals surface area (Å²) in [5.41, 5.74) is 2.81. The molecule has 0 unspecified atom stereocenters. The number of halogens is 1.